The van der Waals surface area contributed by atoms with Gasteiger partial charge in [0.25, 0.3) is 11.6 Å². The molecule has 0 fully saturated rings. The number of carbonyl (C=O) groups excluding carboxylic acids is 1. The van der Waals surface area contributed by atoms with Crippen molar-refractivity contribution in [3.8, 4) is 5.75 Å². The van der Waals surface area contributed by atoms with Gasteiger partial charge in [0.2, 0.25) is 0 Å². The van der Waals surface area contributed by atoms with Gasteiger partial charge in [-0.25, -0.2) is 0 Å². The van der Waals surface area contributed by atoms with E-state index in [9.17, 15) is 20.0 Å². The number of amides is 1. The molecule has 2 rings (SSSR count). The zero-order chi connectivity index (χ0) is 15.6. The number of phenolic OH excluding ortho intramolecular Hbond substituents is 1. The minimum absolute atomic E-state index is 0.0314. The van der Waals surface area contributed by atoms with Crippen molar-refractivity contribution < 1.29 is 14.8 Å². The highest BCUT2D eigenvalue weighted by Crippen LogP contribution is 2.27. The zero-order valence-corrected chi connectivity index (χ0v) is 12.7. The Morgan fingerprint density at radius 3 is 2.62 bits per heavy atom. The van der Waals surface area contributed by atoms with E-state index in [1.165, 1.54) is 30.3 Å². The molecule has 21 heavy (non-hydrogen) atoms. The van der Waals surface area contributed by atoms with Gasteiger partial charge < -0.3 is 10.4 Å². The van der Waals surface area contributed by atoms with Crippen LogP contribution < -0.4 is 5.32 Å². The number of anilines is 1. The number of carbonyl (C=O) groups is 1. The van der Waals surface area contributed by atoms with Gasteiger partial charge >= 0.3 is 0 Å². The van der Waals surface area contributed by atoms with Crippen LogP contribution in [0.3, 0.4) is 0 Å². The molecule has 0 bridgehead atoms. The fourth-order valence-electron chi connectivity index (χ4n) is 1.61. The van der Waals surface area contributed by atoms with Crippen LogP contribution in [0.15, 0.2) is 40.9 Å². The molecule has 0 heterocycles. The number of aromatic hydroxyl groups is 1. The van der Waals surface area contributed by atoms with Crippen molar-refractivity contribution in [2.75, 3.05) is 5.32 Å². The molecule has 0 aliphatic heterocycles. The lowest BCUT2D eigenvalue weighted by atomic mass is 10.2. The molecule has 0 spiro atoms. The molecule has 0 atom stereocenters. The van der Waals surface area contributed by atoms with E-state index in [-0.39, 0.29) is 22.0 Å². The van der Waals surface area contributed by atoms with Gasteiger partial charge in [0.15, 0.2) is 0 Å². The van der Waals surface area contributed by atoms with E-state index < -0.39 is 10.8 Å². The molecule has 2 aromatic carbocycles. The van der Waals surface area contributed by atoms with E-state index in [2.05, 4.69) is 21.2 Å². The summed E-state index contributed by atoms with van der Waals surface area (Å²) < 4.78 is 0.415. The second-order valence-corrected chi connectivity index (χ2v) is 5.40. The van der Waals surface area contributed by atoms with Crippen LogP contribution in [0.2, 0.25) is 5.02 Å². The van der Waals surface area contributed by atoms with Crippen LogP contribution in [0.4, 0.5) is 11.4 Å². The smallest absolute Gasteiger partial charge is 0.271 e. The highest BCUT2D eigenvalue weighted by molar-refractivity contribution is 9.10. The average molecular weight is 372 g/mol. The van der Waals surface area contributed by atoms with Crippen LogP contribution in [0, 0.1) is 10.1 Å². The fraction of sp³-hybridized carbons (Fsp3) is 0. The Morgan fingerprint density at radius 2 is 2.00 bits per heavy atom. The van der Waals surface area contributed by atoms with E-state index in [4.69, 9.17) is 11.6 Å². The van der Waals surface area contributed by atoms with Crippen LogP contribution in [-0.2, 0) is 0 Å². The molecule has 0 aliphatic carbocycles. The Bertz CT molecular complexity index is 736. The van der Waals surface area contributed by atoms with Crippen LogP contribution in [0.1, 0.15) is 10.4 Å². The number of hydrogen-bond acceptors (Lipinski definition) is 4. The zero-order valence-electron chi connectivity index (χ0n) is 10.3. The maximum Gasteiger partial charge on any atom is 0.271 e. The second kappa shape index (κ2) is 6.11. The van der Waals surface area contributed by atoms with E-state index in [1.807, 2.05) is 0 Å². The Kier molecular flexibility index (Phi) is 4.44. The van der Waals surface area contributed by atoms with Gasteiger partial charge in [-0.2, -0.15) is 0 Å². The van der Waals surface area contributed by atoms with Gasteiger partial charge in [-0.15, -0.1) is 0 Å². The lowest BCUT2D eigenvalue weighted by Gasteiger charge is -2.08. The normalized spacial score (nSPS) is 10.2. The molecule has 1 amide bonds. The molecule has 8 heteroatoms. The minimum atomic E-state index is -0.588. The molecule has 6 nitrogen and oxygen atoms in total. The number of phenols is 1. The number of nitro benzene ring substituents is 1. The third kappa shape index (κ3) is 3.71. The first-order valence-electron chi connectivity index (χ1n) is 5.61. The number of halogens is 2. The molecule has 0 saturated heterocycles. The molecule has 0 unspecified atom stereocenters. The fourth-order valence-corrected chi connectivity index (χ4v) is 2.31. The Balaban J connectivity index is 2.30. The molecular formula is C13H8BrClN2O4. The van der Waals surface area contributed by atoms with E-state index >= 15 is 0 Å². The minimum Gasteiger partial charge on any atom is -0.508 e. The summed E-state index contributed by atoms with van der Waals surface area (Å²) in [7, 11) is 0. The predicted molar refractivity (Wildman–Crippen MR) is 81.9 cm³/mol. The van der Waals surface area contributed by atoms with Crippen molar-refractivity contribution in [1.29, 1.82) is 0 Å². The van der Waals surface area contributed by atoms with Crippen molar-refractivity contribution in [2.45, 2.75) is 0 Å². The van der Waals surface area contributed by atoms with Gasteiger partial charge in [-0.3, -0.25) is 14.9 Å². The average Bonchev–Trinajstić information content (AvgIpc) is 2.41. The Labute approximate surface area is 132 Å². The number of rotatable bonds is 3. The van der Waals surface area contributed by atoms with Crippen LogP contribution in [-0.4, -0.2) is 15.9 Å². The molecule has 2 aromatic rings. The lowest BCUT2D eigenvalue weighted by molar-refractivity contribution is -0.384. The lowest BCUT2D eigenvalue weighted by Crippen LogP contribution is -2.12. The maximum absolute atomic E-state index is 12.1. The number of non-ortho nitro benzene ring substituents is 1. The van der Waals surface area contributed by atoms with Gasteiger partial charge in [0.1, 0.15) is 5.75 Å². The first-order chi connectivity index (χ1) is 9.86. The van der Waals surface area contributed by atoms with Crippen LogP contribution in [0.25, 0.3) is 0 Å². The standard InChI is InChI=1S/C13H8BrClN2O4/c14-8-3-7(4-9(5-8)17(20)21)13(19)16-12-2-1-10(18)6-11(12)15/h1-6,18H,(H,16,19). The predicted octanol–water partition coefficient (Wildman–Crippen LogP) is 3.97. The third-order valence-corrected chi connectivity index (χ3v) is 3.33. The van der Waals surface area contributed by atoms with Crippen LogP contribution >= 0.6 is 27.5 Å². The number of nitrogens with one attached hydrogen (secondary N) is 1. The summed E-state index contributed by atoms with van der Waals surface area (Å²) in [6.07, 6.45) is 0. The molecule has 0 saturated carbocycles. The summed E-state index contributed by atoms with van der Waals surface area (Å²) in [5.74, 6) is -0.580. The van der Waals surface area contributed by atoms with Gasteiger partial charge in [-0.05, 0) is 18.2 Å². The monoisotopic (exact) mass is 370 g/mol. The highest BCUT2D eigenvalue weighted by Gasteiger charge is 2.15. The highest BCUT2D eigenvalue weighted by atomic mass is 79.9. The van der Waals surface area contributed by atoms with Crippen molar-refractivity contribution >= 4 is 44.8 Å². The summed E-state index contributed by atoms with van der Waals surface area (Å²) in [6.45, 7) is 0. The quantitative estimate of drug-likeness (QED) is 0.485. The van der Waals surface area contributed by atoms with Gasteiger partial charge in [0.05, 0.1) is 15.6 Å². The number of benzene rings is 2. The van der Waals surface area contributed by atoms with Gasteiger partial charge in [-0.1, -0.05) is 27.5 Å². The number of nitro groups is 1. The largest absolute Gasteiger partial charge is 0.508 e. The third-order valence-electron chi connectivity index (χ3n) is 2.56. The summed E-state index contributed by atoms with van der Waals surface area (Å²) in [6, 6.07) is 7.99. The topological polar surface area (TPSA) is 92.5 Å². The van der Waals surface area contributed by atoms with Crippen molar-refractivity contribution in [3.63, 3.8) is 0 Å². The first-order valence-corrected chi connectivity index (χ1v) is 6.79. The Hall–Kier alpha value is -2.12. The summed E-state index contributed by atoms with van der Waals surface area (Å²) in [4.78, 5) is 22.3. The van der Waals surface area contributed by atoms with Crippen LogP contribution in [0.5, 0.6) is 5.75 Å². The molecule has 0 aliphatic rings. The van der Waals surface area contributed by atoms with Crippen molar-refractivity contribution in [3.05, 3.63) is 61.6 Å². The molecular weight excluding hydrogens is 364 g/mol. The van der Waals surface area contributed by atoms with Crippen molar-refractivity contribution in [1.82, 2.24) is 0 Å². The van der Waals surface area contributed by atoms with Gasteiger partial charge in [0, 0.05) is 28.2 Å². The molecule has 2 N–H and O–H groups in total. The number of nitrogens with zero attached hydrogens (tertiary/aromatic N) is 1. The van der Waals surface area contributed by atoms with E-state index in [1.54, 1.807) is 0 Å². The van der Waals surface area contributed by atoms with E-state index in [0.29, 0.717) is 10.2 Å². The van der Waals surface area contributed by atoms with Crippen molar-refractivity contribution in [2.24, 2.45) is 0 Å². The summed E-state index contributed by atoms with van der Waals surface area (Å²) in [5, 5.41) is 22.7. The maximum atomic E-state index is 12.1. The Morgan fingerprint density at radius 1 is 1.29 bits per heavy atom. The number of hydrogen-bond donors (Lipinski definition) is 2. The first kappa shape index (κ1) is 15.3. The van der Waals surface area contributed by atoms with E-state index in [0.717, 1.165) is 6.07 Å². The molecule has 0 aromatic heterocycles. The molecule has 0 radical (unpaired) electrons. The second-order valence-electron chi connectivity index (χ2n) is 4.07. The molecule has 108 valence electrons. The summed E-state index contributed by atoms with van der Waals surface area (Å²) >= 11 is 9.00. The SMILES string of the molecule is O=C(Nc1ccc(O)cc1Cl)c1cc(Br)cc([N+](=O)[O-])c1. The summed E-state index contributed by atoms with van der Waals surface area (Å²) in [5.41, 5.74) is 0.202.